The third-order valence-electron chi connectivity index (χ3n) is 3.73. The molecule has 1 saturated carbocycles. The summed E-state index contributed by atoms with van der Waals surface area (Å²) in [5.74, 6) is -0.265. The third kappa shape index (κ3) is 5.70. The predicted octanol–water partition coefficient (Wildman–Crippen LogP) is 3.62. The smallest absolute Gasteiger partial charge is 0.191 e. The van der Waals surface area contributed by atoms with Crippen molar-refractivity contribution in [1.82, 2.24) is 10.6 Å². The Labute approximate surface area is 148 Å². The molecule has 0 radical (unpaired) electrons. The maximum Gasteiger partial charge on any atom is 0.191 e. The van der Waals surface area contributed by atoms with E-state index in [9.17, 15) is 8.78 Å². The van der Waals surface area contributed by atoms with E-state index in [4.69, 9.17) is 0 Å². The molecule has 6 heteroatoms. The van der Waals surface area contributed by atoms with Gasteiger partial charge in [0.25, 0.3) is 0 Å². The maximum atomic E-state index is 13.5. The van der Waals surface area contributed by atoms with Crippen LogP contribution in [0.25, 0.3) is 0 Å². The number of guanidine groups is 1. The monoisotopic (exact) mass is 423 g/mol. The van der Waals surface area contributed by atoms with Crippen molar-refractivity contribution in [3.05, 3.63) is 35.4 Å². The van der Waals surface area contributed by atoms with Crippen molar-refractivity contribution in [2.24, 2.45) is 4.99 Å². The first-order chi connectivity index (χ1) is 10.2. The van der Waals surface area contributed by atoms with Gasteiger partial charge < -0.3 is 10.6 Å². The Morgan fingerprint density at radius 2 is 1.86 bits per heavy atom. The topological polar surface area (TPSA) is 36.4 Å². The Hall–Kier alpha value is -0.920. The van der Waals surface area contributed by atoms with Crippen molar-refractivity contribution in [2.45, 2.75) is 45.1 Å². The highest BCUT2D eigenvalue weighted by Crippen LogP contribution is 2.17. The normalized spacial score (nSPS) is 15.5. The largest absolute Gasteiger partial charge is 0.357 e. The minimum atomic E-state index is -0.501. The van der Waals surface area contributed by atoms with Crippen LogP contribution in [0.4, 0.5) is 8.78 Å². The molecule has 3 nitrogen and oxygen atoms in total. The van der Waals surface area contributed by atoms with Crippen LogP contribution in [0, 0.1) is 11.6 Å². The predicted molar refractivity (Wildman–Crippen MR) is 96.8 cm³/mol. The molecular weight excluding hydrogens is 399 g/mol. The number of nitrogens with zero attached hydrogens (tertiary/aromatic N) is 1. The van der Waals surface area contributed by atoms with Gasteiger partial charge in [-0.15, -0.1) is 24.0 Å². The molecule has 1 aliphatic carbocycles. The third-order valence-corrected chi connectivity index (χ3v) is 3.73. The zero-order valence-corrected chi connectivity index (χ0v) is 15.2. The quantitative estimate of drug-likeness (QED) is 0.431. The lowest BCUT2D eigenvalue weighted by atomic mass is 10.1. The Morgan fingerprint density at radius 1 is 1.23 bits per heavy atom. The van der Waals surface area contributed by atoms with Gasteiger partial charge in [-0.25, -0.2) is 8.78 Å². The van der Waals surface area contributed by atoms with E-state index < -0.39 is 11.6 Å². The highest BCUT2D eigenvalue weighted by molar-refractivity contribution is 14.0. The average Bonchev–Trinajstić information content (AvgIpc) is 2.95. The molecule has 2 rings (SSSR count). The standard InChI is InChI=1S/C16H23F2N3.HI/c1-2-19-16(21-12-6-3-4-7-12)20-11-10-13-14(17)8-5-9-15(13)18;/h5,8-9,12H,2-4,6-7,10-11H2,1H3,(H2,19,20,21);1H. The molecule has 0 amide bonds. The fourth-order valence-corrected chi connectivity index (χ4v) is 2.63. The van der Waals surface area contributed by atoms with E-state index in [1.807, 2.05) is 6.92 Å². The molecule has 0 atom stereocenters. The lowest BCUT2D eigenvalue weighted by Crippen LogP contribution is -2.42. The van der Waals surface area contributed by atoms with Crippen LogP contribution in [-0.2, 0) is 6.42 Å². The number of halogens is 3. The Bertz CT molecular complexity index is 468. The molecule has 1 aromatic carbocycles. The zero-order chi connectivity index (χ0) is 15.1. The minimum Gasteiger partial charge on any atom is -0.357 e. The van der Waals surface area contributed by atoms with Crippen molar-refractivity contribution >= 4 is 29.9 Å². The van der Waals surface area contributed by atoms with Crippen LogP contribution in [0.2, 0.25) is 0 Å². The number of nitrogens with one attached hydrogen (secondary N) is 2. The van der Waals surface area contributed by atoms with E-state index in [1.54, 1.807) is 0 Å². The fraction of sp³-hybridized carbons (Fsp3) is 0.562. The summed E-state index contributed by atoms with van der Waals surface area (Å²) in [6.07, 6.45) is 5.08. The summed E-state index contributed by atoms with van der Waals surface area (Å²) in [6, 6.07) is 4.41. The summed E-state index contributed by atoms with van der Waals surface area (Å²) in [6.45, 7) is 3.13. The fourth-order valence-electron chi connectivity index (χ4n) is 2.63. The van der Waals surface area contributed by atoms with E-state index in [-0.39, 0.29) is 36.0 Å². The lowest BCUT2D eigenvalue weighted by molar-refractivity contribution is 0.555. The maximum absolute atomic E-state index is 13.5. The van der Waals surface area contributed by atoms with Gasteiger partial charge in [0.05, 0.1) is 0 Å². The van der Waals surface area contributed by atoms with E-state index in [1.165, 1.54) is 31.0 Å². The average molecular weight is 423 g/mol. The highest BCUT2D eigenvalue weighted by atomic mass is 127. The molecule has 1 aliphatic rings. The number of benzene rings is 1. The summed E-state index contributed by atoms with van der Waals surface area (Å²) in [5.41, 5.74) is 0.109. The SMILES string of the molecule is CCNC(=NCCc1c(F)cccc1F)NC1CCCC1.I. The number of rotatable bonds is 5. The molecule has 0 heterocycles. The van der Waals surface area contributed by atoms with E-state index in [0.717, 1.165) is 25.3 Å². The molecule has 0 bridgehead atoms. The zero-order valence-electron chi connectivity index (χ0n) is 12.9. The molecule has 0 aromatic heterocycles. The van der Waals surface area contributed by atoms with E-state index in [2.05, 4.69) is 15.6 Å². The van der Waals surface area contributed by atoms with Crippen molar-refractivity contribution < 1.29 is 8.78 Å². The van der Waals surface area contributed by atoms with Crippen molar-refractivity contribution in [1.29, 1.82) is 0 Å². The second-order valence-electron chi connectivity index (χ2n) is 5.34. The van der Waals surface area contributed by atoms with Crippen molar-refractivity contribution in [2.75, 3.05) is 13.1 Å². The molecule has 1 aromatic rings. The molecular formula is C16H24F2IN3. The Kier molecular flexibility index (Phi) is 8.67. The van der Waals surface area contributed by atoms with Gasteiger partial charge in [0.1, 0.15) is 11.6 Å². The number of hydrogen-bond donors (Lipinski definition) is 2. The number of aliphatic imine (C=N–C) groups is 1. The van der Waals surface area contributed by atoms with Crippen molar-refractivity contribution in [3.8, 4) is 0 Å². The van der Waals surface area contributed by atoms with E-state index in [0.29, 0.717) is 12.6 Å². The highest BCUT2D eigenvalue weighted by Gasteiger charge is 2.15. The van der Waals surface area contributed by atoms with Gasteiger partial charge in [-0.1, -0.05) is 18.9 Å². The molecule has 0 unspecified atom stereocenters. The first-order valence-electron chi connectivity index (χ1n) is 7.68. The van der Waals surface area contributed by atoms with Crippen LogP contribution in [0.5, 0.6) is 0 Å². The van der Waals surface area contributed by atoms with Gasteiger partial charge in [-0.3, -0.25) is 4.99 Å². The van der Waals surface area contributed by atoms with Gasteiger partial charge in [0, 0.05) is 24.7 Å². The molecule has 0 saturated heterocycles. The summed E-state index contributed by atoms with van der Waals surface area (Å²) in [4.78, 5) is 4.42. The van der Waals surface area contributed by atoms with Crippen LogP contribution >= 0.6 is 24.0 Å². The summed E-state index contributed by atoms with van der Waals surface area (Å²) in [5, 5.41) is 6.56. The summed E-state index contributed by atoms with van der Waals surface area (Å²) >= 11 is 0. The molecule has 22 heavy (non-hydrogen) atoms. The van der Waals surface area contributed by atoms with Gasteiger partial charge in [0.15, 0.2) is 5.96 Å². The first-order valence-corrected chi connectivity index (χ1v) is 7.68. The van der Waals surface area contributed by atoms with Gasteiger partial charge >= 0.3 is 0 Å². The second kappa shape index (κ2) is 9.97. The lowest BCUT2D eigenvalue weighted by Gasteiger charge is -2.16. The minimum absolute atomic E-state index is 0. The molecule has 124 valence electrons. The second-order valence-corrected chi connectivity index (χ2v) is 5.34. The van der Waals surface area contributed by atoms with Gasteiger partial charge in [-0.2, -0.15) is 0 Å². The van der Waals surface area contributed by atoms with Crippen LogP contribution in [0.3, 0.4) is 0 Å². The van der Waals surface area contributed by atoms with Crippen molar-refractivity contribution in [3.63, 3.8) is 0 Å². The van der Waals surface area contributed by atoms with E-state index >= 15 is 0 Å². The van der Waals surface area contributed by atoms with Gasteiger partial charge in [0.2, 0.25) is 0 Å². The first kappa shape index (κ1) is 19.1. The van der Waals surface area contributed by atoms with Crippen LogP contribution in [0.1, 0.15) is 38.2 Å². The Balaban J connectivity index is 0.00000242. The van der Waals surface area contributed by atoms with Gasteiger partial charge in [-0.05, 0) is 38.3 Å². The van der Waals surface area contributed by atoms with Crippen LogP contribution < -0.4 is 10.6 Å². The molecule has 0 spiro atoms. The summed E-state index contributed by atoms with van der Waals surface area (Å²) < 4.78 is 27.1. The summed E-state index contributed by atoms with van der Waals surface area (Å²) in [7, 11) is 0. The molecule has 2 N–H and O–H groups in total. The number of hydrogen-bond acceptors (Lipinski definition) is 1. The molecule has 1 fully saturated rings. The van der Waals surface area contributed by atoms with Crippen LogP contribution in [0.15, 0.2) is 23.2 Å². The van der Waals surface area contributed by atoms with Crippen LogP contribution in [-0.4, -0.2) is 25.1 Å². The molecule has 0 aliphatic heterocycles. The Morgan fingerprint density at radius 3 is 2.45 bits per heavy atom.